The van der Waals surface area contributed by atoms with Gasteiger partial charge in [-0.25, -0.2) is 0 Å². The van der Waals surface area contributed by atoms with E-state index in [-0.39, 0.29) is 5.41 Å². The van der Waals surface area contributed by atoms with Crippen LogP contribution in [0.25, 0.3) is 0 Å². The summed E-state index contributed by atoms with van der Waals surface area (Å²) in [5.41, 5.74) is -0.331. The number of fused-ring (bicyclic) bond motifs is 3. The first kappa shape index (κ1) is 11.9. The molecular formula is C14H24O2. The third-order valence-corrected chi connectivity index (χ3v) is 4.98. The zero-order chi connectivity index (χ0) is 11.6. The molecule has 0 spiro atoms. The molecule has 1 N–H and O–H groups in total. The molecule has 92 valence electrons. The van der Waals surface area contributed by atoms with Crippen LogP contribution in [0.1, 0.15) is 64.7 Å². The fraction of sp³-hybridized carbons (Fsp3) is 0.929. The Morgan fingerprint density at radius 1 is 1.31 bits per heavy atom. The topological polar surface area (TPSA) is 37.3 Å². The van der Waals surface area contributed by atoms with Gasteiger partial charge in [-0.05, 0) is 50.4 Å². The van der Waals surface area contributed by atoms with Crippen molar-refractivity contribution >= 4 is 5.97 Å². The fourth-order valence-electron chi connectivity index (χ4n) is 3.89. The first-order valence-corrected chi connectivity index (χ1v) is 6.92. The summed E-state index contributed by atoms with van der Waals surface area (Å²) >= 11 is 0. The highest BCUT2D eigenvalue weighted by molar-refractivity contribution is 5.75. The summed E-state index contributed by atoms with van der Waals surface area (Å²) in [4.78, 5) is 11.6. The van der Waals surface area contributed by atoms with Gasteiger partial charge in [0.1, 0.15) is 0 Å². The first-order valence-electron chi connectivity index (χ1n) is 6.92. The quantitative estimate of drug-likeness (QED) is 0.720. The summed E-state index contributed by atoms with van der Waals surface area (Å²) < 4.78 is 0. The standard InChI is InChI=1S/C14H24O2/c1-2-3-4-5-12-10-11-6-8-14(12,9-7-11)13(15)16/h11-12H,2-10H2,1H3,(H,15,16). The monoisotopic (exact) mass is 224 g/mol. The van der Waals surface area contributed by atoms with Gasteiger partial charge in [-0.2, -0.15) is 0 Å². The minimum absolute atomic E-state index is 0.331. The lowest BCUT2D eigenvalue weighted by molar-refractivity contribution is -0.162. The maximum absolute atomic E-state index is 11.6. The molecule has 0 aliphatic heterocycles. The van der Waals surface area contributed by atoms with Gasteiger partial charge in [0.15, 0.2) is 0 Å². The van der Waals surface area contributed by atoms with Crippen molar-refractivity contribution < 1.29 is 9.90 Å². The second-order valence-corrected chi connectivity index (χ2v) is 5.83. The van der Waals surface area contributed by atoms with E-state index in [4.69, 9.17) is 0 Å². The molecule has 0 aromatic carbocycles. The first-order chi connectivity index (χ1) is 7.69. The van der Waals surface area contributed by atoms with E-state index in [1.165, 1.54) is 25.7 Å². The maximum atomic E-state index is 11.6. The number of unbranched alkanes of at least 4 members (excludes halogenated alkanes) is 2. The van der Waals surface area contributed by atoms with Crippen LogP contribution < -0.4 is 0 Å². The van der Waals surface area contributed by atoms with Crippen molar-refractivity contribution in [3.05, 3.63) is 0 Å². The lowest BCUT2D eigenvalue weighted by Crippen LogP contribution is -2.47. The molecule has 3 rings (SSSR count). The summed E-state index contributed by atoms with van der Waals surface area (Å²) in [6.45, 7) is 2.21. The van der Waals surface area contributed by atoms with Gasteiger partial charge in [0.25, 0.3) is 0 Å². The van der Waals surface area contributed by atoms with Gasteiger partial charge < -0.3 is 5.11 Å². The third kappa shape index (κ3) is 1.99. The van der Waals surface area contributed by atoms with Crippen LogP contribution in [0, 0.1) is 17.3 Å². The zero-order valence-electron chi connectivity index (χ0n) is 10.4. The van der Waals surface area contributed by atoms with Gasteiger partial charge in [0.2, 0.25) is 0 Å². The summed E-state index contributed by atoms with van der Waals surface area (Å²) in [6.07, 6.45) is 10.3. The van der Waals surface area contributed by atoms with E-state index >= 15 is 0 Å². The van der Waals surface area contributed by atoms with Crippen LogP contribution in [0.4, 0.5) is 0 Å². The molecule has 3 aliphatic rings. The maximum Gasteiger partial charge on any atom is 0.309 e. The Balaban J connectivity index is 2.02. The van der Waals surface area contributed by atoms with Gasteiger partial charge in [0, 0.05) is 0 Å². The summed E-state index contributed by atoms with van der Waals surface area (Å²) in [5, 5.41) is 9.54. The predicted molar refractivity (Wildman–Crippen MR) is 64.3 cm³/mol. The van der Waals surface area contributed by atoms with Gasteiger partial charge in [-0.15, -0.1) is 0 Å². The number of carboxylic acid groups (broad SMARTS) is 1. The van der Waals surface area contributed by atoms with Gasteiger partial charge in [-0.1, -0.05) is 26.2 Å². The van der Waals surface area contributed by atoms with Crippen LogP contribution in [0.15, 0.2) is 0 Å². The van der Waals surface area contributed by atoms with Crippen LogP contribution in [-0.2, 0) is 4.79 Å². The number of hydrogen-bond donors (Lipinski definition) is 1. The number of aliphatic carboxylic acids is 1. The molecule has 1 atom stereocenters. The van der Waals surface area contributed by atoms with E-state index in [0.717, 1.165) is 38.0 Å². The molecule has 3 aliphatic carbocycles. The molecule has 0 aromatic rings. The highest BCUT2D eigenvalue weighted by Crippen LogP contribution is 2.55. The Hall–Kier alpha value is -0.530. The van der Waals surface area contributed by atoms with Gasteiger partial charge in [-0.3, -0.25) is 4.79 Å². The fourth-order valence-corrected chi connectivity index (χ4v) is 3.89. The van der Waals surface area contributed by atoms with Crippen LogP contribution in [0.2, 0.25) is 0 Å². The number of carboxylic acids is 1. The molecule has 3 saturated carbocycles. The normalized spacial score (nSPS) is 37.6. The van der Waals surface area contributed by atoms with E-state index in [9.17, 15) is 9.90 Å². The molecule has 16 heavy (non-hydrogen) atoms. The second kappa shape index (κ2) is 4.77. The molecule has 2 bridgehead atoms. The van der Waals surface area contributed by atoms with E-state index in [1.54, 1.807) is 0 Å². The molecule has 2 heteroatoms. The number of carbonyl (C=O) groups is 1. The van der Waals surface area contributed by atoms with Crippen LogP contribution in [0.5, 0.6) is 0 Å². The Bertz CT molecular complexity index is 251. The Morgan fingerprint density at radius 3 is 2.56 bits per heavy atom. The zero-order valence-corrected chi connectivity index (χ0v) is 10.4. The average Bonchev–Trinajstić information content (AvgIpc) is 2.31. The second-order valence-electron chi connectivity index (χ2n) is 5.83. The van der Waals surface area contributed by atoms with E-state index in [0.29, 0.717) is 5.92 Å². The van der Waals surface area contributed by atoms with E-state index in [2.05, 4.69) is 6.92 Å². The smallest absolute Gasteiger partial charge is 0.309 e. The van der Waals surface area contributed by atoms with Crippen molar-refractivity contribution in [1.82, 2.24) is 0 Å². The van der Waals surface area contributed by atoms with E-state index in [1.807, 2.05) is 0 Å². The van der Waals surface area contributed by atoms with Crippen molar-refractivity contribution in [2.45, 2.75) is 64.7 Å². The van der Waals surface area contributed by atoms with Gasteiger partial charge >= 0.3 is 5.97 Å². The van der Waals surface area contributed by atoms with Crippen LogP contribution in [0.3, 0.4) is 0 Å². The molecule has 1 unspecified atom stereocenters. The average molecular weight is 224 g/mol. The molecule has 0 radical (unpaired) electrons. The highest BCUT2D eigenvalue weighted by atomic mass is 16.4. The van der Waals surface area contributed by atoms with Crippen molar-refractivity contribution in [2.24, 2.45) is 17.3 Å². The largest absolute Gasteiger partial charge is 0.481 e. The van der Waals surface area contributed by atoms with Crippen molar-refractivity contribution in [3.63, 3.8) is 0 Å². The summed E-state index contributed by atoms with van der Waals surface area (Å²) in [7, 11) is 0. The summed E-state index contributed by atoms with van der Waals surface area (Å²) in [5.74, 6) is 0.809. The number of rotatable bonds is 5. The Morgan fingerprint density at radius 2 is 2.00 bits per heavy atom. The molecule has 0 saturated heterocycles. The van der Waals surface area contributed by atoms with Crippen molar-refractivity contribution in [1.29, 1.82) is 0 Å². The predicted octanol–water partition coefficient (Wildman–Crippen LogP) is 3.85. The van der Waals surface area contributed by atoms with Crippen molar-refractivity contribution in [3.8, 4) is 0 Å². The lowest BCUT2D eigenvalue weighted by atomic mass is 9.54. The van der Waals surface area contributed by atoms with Crippen LogP contribution >= 0.6 is 0 Å². The molecule has 0 heterocycles. The van der Waals surface area contributed by atoms with Crippen molar-refractivity contribution in [2.75, 3.05) is 0 Å². The molecule has 2 nitrogen and oxygen atoms in total. The van der Waals surface area contributed by atoms with Crippen LogP contribution in [-0.4, -0.2) is 11.1 Å². The molecule has 3 fully saturated rings. The Labute approximate surface area is 98.4 Å². The Kier molecular flexibility index (Phi) is 3.56. The minimum atomic E-state index is -0.507. The van der Waals surface area contributed by atoms with Gasteiger partial charge in [0.05, 0.1) is 5.41 Å². The molecule has 0 amide bonds. The number of hydrogen-bond acceptors (Lipinski definition) is 1. The molecular weight excluding hydrogens is 200 g/mol. The minimum Gasteiger partial charge on any atom is -0.481 e. The third-order valence-electron chi connectivity index (χ3n) is 4.98. The highest BCUT2D eigenvalue weighted by Gasteiger charge is 2.52. The summed E-state index contributed by atoms with van der Waals surface area (Å²) in [6, 6.07) is 0. The SMILES string of the molecule is CCCCCC1CC2CCC1(C(=O)O)CC2. The molecule has 0 aromatic heterocycles. The van der Waals surface area contributed by atoms with E-state index < -0.39 is 5.97 Å². The lowest BCUT2D eigenvalue weighted by Gasteiger charge is -2.49.